The Morgan fingerprint density at radius 1 is 1.20 bits per heavy atom. The quantitative estimate of drug-likeness (QED) is 0.782. The number of nitriles is 1. The normalized spacial score (nSPS) is 10.2. The largest absolute Gasteiger partial charge is 0.352 e. The van der Waals surface area contributed by atoms with Crippen molar-refractivity contribution in [3.8, 4) is 17.2 Å². The second-order valence-electron chi connectivity index (χ2n) is 5.80. The first kappa shape index (κ1) is 16.5. The molecule has 5 nitrogen and oxygen atoms in total. The highest BCUT2D eigenvalue weighted by Crippen LogP contribution is 2.18. The summed E-state index contributed by atoms with van der Waals surface area (Å²) in [6.45, 7) is 0.544. The maximum Gasteiger partial charge on any atom is 0.251 e. The van der Waals surface area contributed by atoms with E-state index in [1.807, 2.05) is 25.5 Å². The molecule has 1 heterocycles. The SMILES string of the molecule is Cn1cc(-c2ccc(CCNC(=O)c3cccc(C#N)c3)cc2)cn1. The molecule has 0 radical (unpaired) electrons. The second kappa shape index (κ2) is 7.45. The third-order valence-electron chi connectivity index (χ3n) is 3.95. The number of amides is 1. The molecule has 0 aliphatic carbocycles. The van der Waals surface area contributed by atoms with E-state index in [1.165, 1.54) is 0 Å². The summed E-state index contributed by atoms with van der Waals surface area (Å²) in [5, 5.41) is 15.9. The van der Waals surface area contributed by atoms with E-state index in [2.05, 4.69) is 34.7 Å². The number of benzene rings is 2. The summed E-state index contributed by atoms with van der Waals surface area (Å²) in [4.78, 5) is 12.1. The smallest absolute Gasteiger partial charge is 0.251 e. The van der Waals surface area contributed by atoms with Gasteiger partial charge in [0.1, 0.15) is 0 Å². The molecule has 2 aromatic carbocycles. The van der Waals surface area contributed by atoms with Gasteiger partial charge < -0.3 is 5.32 Å². The lowest BCUT2D eigenvalue weighted by molar-refractivity contribution is 0.0954. The lowest BCUT2D eigenvalue weighted by Gasteiger charge is -2.06. The van der Waals surface area contributed by atoms with Crippen molar-refractivity contribution >= 4 is 5.91 Å². The molecule has 124 valence electrons. The van der Waals surface area contributed by atoms with Crippen LogP contribution in [-0.4, -0.2) is 22.2 Å². The summed E-state index contributed by atoms with van der Waals surface area (Å²) >= 11 is 0. The van der Waals surface area contributed by atoms with Crippen LogP contribution >= 0.6 is 0 Å². The van der Waals surface area contributed by atoms with Gasteiger partial charge in [0.15, 0.2) is 0 Å². The fraction of sp³-hybridized carbons (Fsp3) is 0.150. The Morgan fingerprint density at radius 2 is 2.00 bits per heavy atom. The van der Waals surface area contributed by atoms with E-state index in [0.717, 1.165) is 23.1 Å². The van der Waals surface area contributed by atoms with Crippen LogP contribution in [0.5, 0.6) is 0 Å². The molecule has 0 aliphatic rings. The summed E-state index contributed by atoms with van der Waals surface area (Å²) < 4.78 is 1.78. The Kier molecular flexibility index (Phi) is 4.91. The highest BCUT2D eigenvalue weighted by molar-refractivity contribution is 5.94. The molecule has 5 heteroatoms. The van der Waals surface area contributed by atoms with Gasteiger partial charge in [-0.3, -0.25) is 9.48 Å². The third kappa shape index (κ3) is 4.12. The van der Waals surface area contributed by atoms with Gasteiger partial charge in [0.2, 0.25) is 0 Å². The molecule has 0 saturated heterocycles. The maximum absolute atomic E-state index is 12.1. The first-order chi connectivity index (χ1) is 12.2. The van der Waals surface area contributed by atoms with E-state index in [0.29, 0.717) is 17.7 Å². The average Bonchev–Trinajstić information content (AvgIpc) is 3.08. The van der Waals surface area contributed by atoms with Crippen molar-refractivity contribution in [2.45, 2.75) is 6.42 Å². The van der Waals surface area contributed by atoms with Crippen molar-refractivity contribution in [1.82, 2.24) is 15.1 Å². The number of carbonyl (C=O) groups excluding carboxylic acids is 1. The summed E-state index contributed by atoms with van der Waals surface area (Å²) in [5.41, 5.74) is 4.34. The average molecular weight is 330 g/mol. The number of nitrogens with zero attached hydrogens (tertiary/aromatic N) is 3. The molecule has 0 bridgehead atoms. The molecule has 1 aromatic heterocycles. The zero-order valence-electron chi connectivity index (χ0n) is 13.9. The molecule has 3 aromatic rings. The first-order valence-electron chi connectivity index (χ1n) is 8.02. The minimum Gasteiger partial charge on any atom is -0.352 e. The number of aromatic nitrogens is 2. The van der Waals surface area contributed by atoms with Gasteiger partial charge >= 0.3 is 0 Å². The number of carbonyl (C=O) groups is 1. The van der Waals surface area contributed by atoms with Crippen LogP contribution in [0.4, 0.5) is 0 Å². The second-order valence-corrected chi connectivity index (χ2v) is 5.80. The molecule has 0 fully saturated rings. The van der Waals surface area contributed by atoms with Gasteiger partial charge in [-0.2, -0.15) is 10.4 Å². The Morgan fingerprint density at radius 3 is 2.68 bits per heavy atom. The topological polar surface area (TPSA) is 70.7 Å². The number of hydrogen-bond donors (Lipinski definition) is 1. The third-order valence-corrected chi connectivity index (χ3v) is 3.95. The molecule has 0 atom stereocenters. The number of rotatable bonds is 5. The molecular weight excluding hydrogens is 312 g/mol. The predicted molar refractivity (Wildman–Crippen MR) is 95.8 cm³/mol. The molecule has 25 heavy (non-hydrogen) atoms. The maximum atomic E-state index is 12.1. The number of aryl methyl sites for hydroxylation is 1. The monoisotopic (exact) mass is 330 g/mol. The van der Waals surface area contributed by atoms with Gasteiger partial charge in [0.05, 0.1) is 17.8 Å². The minimum absolute atomic E-state index is 0.163. The Labute approximate surface area is 146 Å². The molecule has 1 amide bonds. The van der Waals surface area contributed by atoms with E-state index < -0.39 is 0 Å². The van der Waals surface area contributed by atoms with Gasteiger partial charge in [-0.15, -0.1) is 0 Å². The van der Waals surface area contributed by atoms with Crippen LogP contribution in [0.1, 0.15) is 21.5 Å². The van der Waals surface area contributed by atoms with E-state index in [1.54, 1.807) is 28.9 Å². The Hall–Kier alpha value is -3.39. The van der Waals surface area contributed by atoms with Gasteiger partial charge in [0, 0.05) is 30.9 Å². The fourth-order valence-corrected chi connectivity index (χ4v) is 2.59. The van der Waals surface area contributed by atoms with Crippen LogP contribution in [0.25, 0.3) is 11.1 Å². The summed E-state index contributed by atoms with van der Waals surface area (Å²) in [5.74, 6) is -0.163. The Bertz CT molecular complexity index is 919. The molecule has 0 unspecified atom stereocenters. The van der Waals surface area contributed by atoms with Crippen LogP contribution in [-0.2, 0) is 13.5 Å². The predicted octanol–water partition coefficient (Wildman–Crippen LogP) is 2.93. The molecule has 0 saturated carbocycles. The van der Waals surface area contributed by atoms with Gasteiger partial charge in [-0.1, -0.05) is 30.3 Å². The Balaban J connectivity index is 1.55. The van der Waals surface area contributed by atoms with Crippen molar-refractivity contribution < 1.29 is 4.79 Å². The van der Waals surface area contributed by atoms with Crippen molar-refractivity contribution in [2.24, 2.45) is 7.05 Å². The van der Waals surface area contributed by atoms with Crippen LogP contribution in [0.2, 0.25) is 0 Å². The lowest BCUT2D eigenvalue weighted by Crippen LogP contribution is -2.25. The van der Waals surface area contributed by atoms with Crippen molar-refractivity contribution in [3.63, 3.8) is 0 Å². The summed E-state index contributed by atoms with van der Waals surface area (Å²) in [7, 11) is 1.90. The van der Waals surface area contributed by atoms with Crippen molar-refractivity contribution in [3.05, 3.63) is 77.6 Å². The molecule has 0 aliphatic heterocycles. The summed E-state index contributed by atoms with van der Waals surface area (Å²) in [6.07, 6.45) is 4.56. The van der Waals surface area contributed by atoms with Crippen molar-refractivity contribution in [1.29, 1.82) is 5.26 Å². The van der Waals surface area contributed by atoms with Gasteiger partial charge in [-0.05, 0) is 35.7 Å². The van der Waals surface area contributed by atoms with E-state index >= 15 is 0 Å². The van der Waals surface area contributed by atoms with Gasteiger partial charge in [0.25, 0.3) is 5.91 Å². The highest BCUT2D eigenvalue weighted by atomic mass is 16.1. The van der Waals surface area contributed by atoms with E-state index in [4.69, 9.17) is 5.26 Å². The van der Waals surface area contributed by atoms with Gasteiger partial charge in [-0.25, -0.2) is 0 Å². The van der Waals surface area contributed by atoms with Crippen LogP contribution in [0.3, 0.4) is 0 Å². The molecule has 0 spiro atoms. The number of hydrogen-bond acceptors (Lipinski definition) is 3. The standard InChI is InChI=1S/C20H18N4O/c1-24-14-19(13-23-24)17-7-5-15(6-8-17)9-10-22-20(25)18-4-2-3-16(11-18)12-21/h2-8,11,13-14H,9-10H2,1H3,(H,22,25). The zero-order valence-corrected chi connectivity index (χ0v) is 13.9. The molecular formula is C20H18N4O. The van der Waals surface area contributed by atoms with Crippen molar-refractivity contribution in [2.75, 3.05) is 6.54 Å². The van der Waals surface area contributed by atoms with Crippen LogP contribution < -0.4 is 5.32 Å². The summed E-state index contributed by atoms with van der Waals surface area (Å²) in [6, 6.07) is 17.0. The van der Waals surface area contributed by atoms with E-state index in [-0.39, 0.29) is 5.91 Å². The van der Waals surface area contributed by atoms with Crippen LogP contribution in [0.15, 0.2) is 60.9 Å². The highest BCUT2D eigenvalue weighted by Gasteiger charge is 2.06. The van der Waals surface area contributed by atoms with E-state index in [9.17, 15) is 4.79 Å². The minimum atomic E-state index is -0.163. The molecule has 1 N–H and O–H groups in total. The molecule has 3 rings (SSSR count). The zero-order chi connectivity index (χ0) is 17.6. The first-order valence-corrected chi connectivity index (χ1v) is 8.02. The fourth-order valence-electron chi connectivity index (χ4n) is 2.59. The number of nitrogens with one attached hydrogen (secondary N) is 1. The van der Waals surface area contributed by atoms with Crippen LogP contribution in [0, 0.1) is 11.3 Å². The lowest BCUT2D eigenvalue weighted by atomic mass is 10.1.